The Labute approximate surface area is 188 Å². The first kappa shape index (κ1) is 21.8. The largest absolute Gasteiger partial charge is 0.356 e. The Kier molecular flexibility index (Phi) is 7.00. The zero-order valence-corrected chi connectivity index (χ0v) is 18.4. The van der Waals surface area contributed by atoms with E-state index in [1.165, 1.54) is 17.7 Å². The Balaban J connectivity index is 1.73. The number of carbonyl (C=O) groups is 1. The van der Waals surface area contributed by atoms with Gasteiger partial charge in [-0.15, -0.1) is 0 Å². The fourth-order valence-electron chi connectivity index (χ4n) is 4.23. The molecule has 164 valence electrons. The fourth-order valence-corrected chi connectivity index (χ4v) is 4.23. The van der Waals surface area contributed by atoms with E-state index < -0.39 is 0 Å². The molecule has 0 unspecified atom stereocenters. The van der Waals surface area contributed by atoms with Crippen molar-refractivity contribution in [3.63, 3.8) is 0 Å². The number of unbranched alkanes of at least 4 members (excludes halogenated alkanes) is 1. The van der Waals surface area contributed by atoms with Gasteiger partial charge < -0.3 is 9.88 Å². The van der Waals surface area contributed by atoms with Gasteiger partial charge in [-0.3, -0.25) is 4.79 Å². The van der Waals surface area contributed by atoms with Crippen LogP contribution in [0.1, 0.15) is 48.8 Å². The second-order valence-electron chi connectivity index (χ2n) is 8.23. The van der Waals surface area contributed by atoms with Gasteiger partial charge in [0.15, 0.2) is 0 Å². The van der Waals surface area contributed by atoms with Crippen LogP contribution in [-0.4, -0.2) is 17.0 Å². The van der Waals surface area contributed by atoms with Gasteiger partial charge in [0.25, 0.3) is 0 Å². The number of nitrogens with one attached hydrogen (secondary N) is 1. The summed E-state index contributed by atoms with van der Waals surface area (Å²) in [6, 6.07) is 25.2. The molecule has 3 nitrogen and oxygen atoms in total. The molecular weight excluding hydrogens is 399 g/mol. The third-order valence-corrected chi connectivity index (χ3v) is 5.90. The molecule has 1 aromatic heterocycles. The van der Waals surface area contributed by atoms with Gasteiger partial charge in [-0.25, -0.2) is 4.39 Å². The Morgan fingerprint density at radius 3 is 2.44 bits per heavy atom. The highest BCUT2D eigenvalue weighted by molar-refractivity contribution is 5.86. The standard InChI is InChI=1S/C28H29FN2O/c1-2-3-17-30-28(32)18-25(22-13-15-23(29)16-14-22)26-20-31(19-21-9-5-4-6-10-21)27-12-8-7-11-24(26)27/h4-16,20,25H,2-3,17-19H2,1H3,(H,30,32)/t25-/m0/s1. The number of para-hydroxylation sites is 1. The second kappa shape index (κ2) is 10.3. The highest BCUT2D eigenvalue weighted by Gasteiger charge is 2.23. The molecule has 0 saturated carbocycles. The van der Waals surface area contributed by atoms with Gasteiger partial charge in [-0.2, -0.15) is 0 Å². The number of carbonyl (C=O) groups excluding carboxylic acids is 1. The number of benzene rings is 3. The average molecular weight is 429 g/mol. The summed E-state index contributed by atoms with van der Waals surface area (Å²) >= 11 is 0. The van der Waals surface area contributed by atoms with Crippen LogP contribution in [0.5, 0.6) is 0 Å². The first-order valence-electron chi connectivity index (χ1n) is 11.3. The molecule has 3 aromatic carbocycles. The highest BCUT2D eigenvalue weighted by Crippen LogP contribution is 2.35. The minimum absolute atomic E-state index is 0.0210. The lowest BCUT2D eigenvalue weighted by Gasteiger charge is -2.17. The topological polar surface area (TPSA) is 34.0 Å². The monoisotopic (exact) mass is 428 g/mol. The second-order valence-corrected chi connectivity index (χ2v) is 8.23. The predicted octanol–water partition coefficient (Wildman–Crippen LogP) is 6.27. The number of halogens is 1. The molecule has 1 N–H and O–H groups in total. The quantitative estimate of drug-likeness (QED) is 0.313. The maximum Gasteiger partial charge on any atom is 0.220 e. The Bertz CT molecular complexity index is 1170. The summed E-state index contributed by atoms with van der Waals surface area (Å²) < 4.78 is 15.9. The average Bonchev–Trinajstić information content (AvgIpc) is 3.17. The molecule has 0 aliphatic carbocycles. The van der Waals surface area contributed by atoms with Crippen LogP contribution < -0.4 is 5.32 Å². The number of aromatic nitrogens is 1. The number of hydrogen-bond donors (Lipinski definition) is 1. The summed E-state index contributed by atoms with van der Waals surface area (Å²) in [7, 11) is 0. The van der Waals surface area contributed by atoms with Crippen LogP contribution in [0.25, 0.3) is 10.9 Å². The molecule has 0 fully saturated rings. The summed E-state index contributed by atoms with van der Waals surface area (Å²) in [6.45, 7) is 3.54. The zero-order valence-electron chi connectivity index (χ0n) is 18.4. The molecule has 4 rings (SSSR count). The Morgan fingerprint density at radius 1 is 0.969 bits per heavy atom. The van der Waals surface area contributed by atoms with Gasteiger partial charge in [0.2, 0.25) is 5.91 Å². The van der Waals surface area contributed by atoms with E-state index in [0.29, 0.717) is 13.0 Å². The van der Waals surface area contributed by atoms with E-state index in [-0.39, 0.29) is 17.6 Å². The van der Waals surface area contributed by atoms with Gasteiger partial charge in [-0.05, 0) is 41.3 Å². The van der Waals surface area contributed by atoms with Crippen molar-refractivity contribution in [3.8, 4) is 0 Å². The van der Waals surface area contributed by atoms with E-state index in [9.17, 15) is 9.18 Å². The SMILES string of the molecule is CCCCNC(=O)C[C@@H](c1ccc(F)cc1)c1cn(Cc2ccccc2)c2ccccc12. The van der Waals surface area contributed by atoms with Crippen molar-refractivity contribution in [1.82, 2.24) is 9.88 Å². The lowest BCUT2D eigenvalue weighted by atomic mass is 9.88. The summed E-state index contributed by atoms with van der Waals surface area (Å²) in [5.74, 6) is -0.404. The molecule has 4 aromatic rings. The number of amides is 1. The molecule has 0 spiro atoms. The summed E-state index contributed by atoms with van der Waals surface area (Å²) in [5.41, 5.74) is 4.38. The summed E-state index contributed by atoms with van der Waals surface area (Å²) in [4.78, 5) is 12.8. The van der Waals surface area contributed by atoms with Crippen molar-refractivity contribution in [2.75, 3.05) is 6.54 Å². The lowest BCUT2D eigenvalue weighted by molar-refractivity contribution is -0.121. The normalized spacial score (nSPS) is 12.1. The molecule has 4 heteroatoms. The van der Waals surface area contributed by atoms with Crippen molar-refractivity contribution in [3.05, 3.63) is 108 Å². The summed E-state index contributed by atoms with van der Waals surface area (Å²) in [6.07, 6.45) is 4.48. The molecule has 1 atom stereocenters. The van der Waals surface area contributed by atoms with E-state index in [2.05, 4.69) is 47.3 Å². The van der Waals surface area contributed by atoms with Gasteiger partial charge in [-0.1, -0.05) is 74.0 Å². The van der Waals surface area contributed by atoms with Crippen LogP contribution >= 0.6 is 0 Å². The molecule has 0 saturated heterocycles. The molecule has 0 aliphatic rings. The first-order valence-corrected chi connectivity index (χ1v) is 11.3. The predicted molar refractivity (Wildman–Crippen MR) is 128 cm³/mol. The van der Waals surface area contributed by atoms with Crippen molar-refractivity contribution in [1.29, 1.82) is 0 Å². The number of hydrogen-bond acceptors (Lipinski definition) is 1. The Morgan fingerprint density at radius 2 is 1.69 bits per heavy atom. The molecule has 0 radical (unpaired) electrons. The van der Waals surface area contributed by atoms with Crippen molar-refractivity contribution >= 4 is 16.8 Å². The maximum absolute atomic E-state index is 13.6. The van der Waals surface area contributed by atoms with Crippen molar-refractivity contribution < 1.29 is 9.18 Å². The molecule has 1 heterocycles. The molecular formula is C28H29FN2O. The van der Waals surface area contributed by atoms with Gasteiger partial charge in [0.05, 0.1) is 0 Å². The van der Waals surface area contributed by atoms with Gasteiger partial charge in [0, 0.05) is 42.5 Å². The van der Waals surface area contributed by atoms with Crippen LogP contribution in [0.15, 0.2) is 85.1 Å². The van der Waals surface area contributed by atoms with Gasteiger partial charge >= 0.3 is 0 Å². The van der Waals surface area contributed by atoms with E-state index in [4.69, 9.17) is 0 Å². The smallest absolute Gasteiger partial charge is 0.220 e. The van der Waals surface area contributed by atoms with Crippen LogP contribution in [0.2, 0.25) is 0 Å². The first-order chi connectivity index (χ1) is 15.7. The summed E-state index contributed by atoms with van der Waals surface area (Å²) in [5, 5.41) is 4.16. The molecule has 32 heavy (non-hydrogen) atoms. The van der Waals surface area contributed by atoms with E-state index in [0.717, 1.165) is 41.4 Å². The maximum atomic E-state index is 13.6. The molecule has 1 amide bonds. The van der Waals surface area contributed by atoms with E-state index >= 15 is 0 Å². The number of rotatable bonds is 9. The molecule has 0 bridgehead atoms. The highest BCUT2D eigenvalue weighted by atomic mass is 19.1. The minimum atomic E-state index is -0.272. The Hall–Kier alpha value is -3.40. The van der Waals surface area contributed by atoms with E-state index in [1.807, 2.05) is 30.3 Å². The van der Waals surface area contributed by atoms with Crippen LogP contribution in [0.4, 0.5) is 4.39 Å². The van der Waals surface area contributed by atoms with Gasteiger partial charge in [0.1, 0.15) is 5.82 Å². The van der Waals surface area contributed by atoms with Crippen LogP contribution in [0.3, 0.4) is 0 Å². The van der Waals surface area contributed by atoms with Crippen LogP contribution in [-0.2, 0) is 11.3 Å². The van der Waals surface area contributed by atoms with Crippen molar-refractivity contribution in [2.45, 2.75) is 38.6 Å². The van der Waals surface area contributed by atoms with Crippen molar-refractivity contribution in [2.24, 2.45) is 0 Å². The third-order valence-electron chi connectivity index (χ3n) is 5.90. The van der Waals surface area contributed by atoms with Crippen LogP contribution in [0, 0.1) is 5.82 Å². The number of fused-ring (bicyclic) bond motifs is 1. The zero-order chi connectivity index (χ0) is 22.3. The third kappa shape index (κ3) is 5.08. The molecule has 0 aliphatic heterocycles. The minimum Gasteiger partial charge on any atom is -0.356 e. The number of nitrogens with zero attached hydrogens (tertiary/aromatic N) is 1. The fraction of sp³-hybridized carbons (Fsp3) is 0.250. The lowest BCUT2D eigenvalue weighted by Crippen LogP contribution is -2.26. The van der Waals surface area contributed by atoms with E-state index in [1.54, 1.807) is 12.1 Å².